The van der Waals surface area contributed by atoms with E-state index in [4.69, 9.17) is 16.3 Å². The van der Waals surface area contributed by atoms with Gasteiger partial charge in [0, 0.05) is 22.8 Å². The highest BCUT2D eigenvalue weighted by molar-refractivity contribution is 6.30. The summed E-state index contributed by atoms with van der Waals surface area (Å²) in [5.41, 5.74) is 1.92. The van der Waals surface area contributed by atoms with E-state index in [0.29, 0.717) is 23.1 Å². The van der Waals surface area contributed by atoms with Crippen LogP contribution < -0.4 is 10.1 Å². The van der Waals surface area contributed by atoms with Gasteiger partial charge in [-0.25, -0.2) is 9.97 Å². The van der Waals surface area contributed by atoms with E-state index in [0.717, 1.165) is 17.1 Å². The molecule has 0 saturated heterocycles. The van der Waals surface area contributed by atoms with Crippen molar-refractivity contribution in [1.82, 2.24) is 9.97 Å². The van der Waals surface area contributed by atoms with Gasteiger partial charge in [-0.2, -0.15) is 0 Å². The second-order valence-corrected chi connectivity index (χ2v) is 5.57. The highest BCUT2D eigenvalue weighted by atomic mass is 35.5. The summed E-state index contributed by atoms with van der Waals surface area (Å²) in [6, 6.07) is 7.03. The first-order valence-corrected chi connectivity index (χ1v) is 7.45. The second kappa shape index (κ2) is 7.42. The van der Waals surface area contributed by atoms with Crippen LogP contribution in [0.4, 0.5) is 5.82 Å². The van der Waals surface area contributed by atoms with Crippen molar-refractivity contribution in [2.24, 2.45) is 0 Å². The monoisotopic (exact) mass is 321 g/mol. The predicted octanol–water partition coefficient (Wildman–Crippen LogP) is 2.91. The summed E-state index contributed by atoms with van der Waals surface area (Å²) in [7, 11) is 0. The normalized spacial score (nSPS) is 12.0. The third kappa shape index (κ3) is 4.58. The molecule has 0 spiro atoms. The number of hydrogen-bond donors (Lipinski definition) is 2. The molecule has 0 aliphatic rings. The highest BCUT2D eigenvalue weighted by Gasteiger charge is 2.09. The summed E-state index contributed by atoms with van der Waals surface area (Å²) in [6.07, 6.45) is -0.648. The smallest absolute Gasteiger partial charge is 0.132 e. The number of aryl methyl sites for hydroxylation is 2. The molecule has 0 fully saturated rings. The fourth-order valence-electron chi connectivity index (χ4n) is 1.94. The number of aromatic nitrogens is 2. The number of benzene rings is 1. The fourth-order valence-corrected chi connectivity index (χ4v) is 2.06. The summed E-state index contributed by atoms with van der Waals surface area (Å²) in [5.74, 6) is 2.13. The predicted molar refractivity (Wildman–Crippen MR) is 87.7 cm³/mol. The molecule has 5 nitrogen and oxygen atoms in total. The van der Waals surface area contributed by atoms with Crippen LogP contribution in [0.5, 0.6) is 5.75 Å². The van der Waals surface area contributed by atoms with E-state index in [1.165, 1.54) is 0 Å². The SMILES string of the molecule is Cc1nc(C)c(C)c(NCC(O)COc2ccc(Cl)cc2)n1. The molecule has 0 aliphatic heterocycles. The van der Waals surface area contributed by atoms with Crippen LogP contribution >= 0.6 is 11.6 Å². The first kappa shape index (κ1) is 16.5. The Morgan fingerprint density at radius 3 is 2.55 bits per heavy atom. The van der Waals surface area contributed by atoms with E-state index in [1.807, 2.05) is 20.8 Å². The molecule has 0 radical (unpaired) electrons. The van der Waals surface area contributed by atoms with Crippen molar-refractivity contribution in [3.05, 3.63) is 46.4 Å². The van der Waals surface area contributed by atoms with Gasteiger partial charge in [0.2, 0.25) is 0 Å². The number of ether oxygens (including phenoxy) is 1. The molecule has 0 saturated carbocycles. The van der Waals surface area contributed by atoms with Crippen molar-refractivity contribution < 1.29 is 9.84 Å². The number of nitrogens with zero attached hydrogens (tertiary/aromatic N) is 2. The van der Waals surface area contributed by atoms with Gasteiger partial charge in [0.15, 0.2) is 0 Å². The number of hydrogen-bond acceptors (Lipinski definition) is 5. The van der Waals surface area contributed by atoms with Crippen molar-refractivity contribution in [2.75, 3.05) is 18.5 Å². The van der Waals surface area contributed by atoms with Crippen LogP contribution in [0.15, 0.2) is 24.3 Å². The number of aliphatic hydroxyl groups is 1. The van der Waals surface area contributed by atoms with E-state index in [2.05, 4.69) is 15.3 Å². The molecule has 1 aromatic carbocycles. The lowest BCUT2D eigenvalue weighted by atomic mass is 10.2. The van der Waals surface area contributed by atoms with Crippen LogP contribution in [0.1, 0.15) is 17.1 Å². The van der Waals surface area contributed by atoms with Crippen LogP contribution in [0.2, 0.25) is 5.02 Å². The minimum Gasteiger partial charge on any atom is -0.491 e. The van der Waals surface area contributed by atoms with Gasteiger partial charge >= 0.3 is 0 Å². The molecule has 6 heteroatoms. The number of aliphatic hydroxyl groups excluding tert-OH is 1. The van der Waals surface area contributed by atoms with Crippen LogP contribution in [-0.4, -0.2) is 34.3 Å². The van der Waals surface area contributed by atoms with E-state index < -0.39 is 6.10 Å². The van der Waals surface area contributed by atoms with Gasteiger partial charge in [0.25, 0.3) is 0 Å². The van der Waals surface area contributed by atoms with Crippen LogP contribution in [-0.2, 0) is 0 Å². The maximum Gasteiger partial charge on any atom is 0.132 e. The zero-order valence-electron chi connectivity index (χ0n) is 12.9. The van der Waals surface area contributed by atoms with E-state index in [9.17, 15) is 5.11 Å². The second-order valence-electron chi connectivity index (χ2n) is 5.13. The summed E-state index contributed by atoms with van der Waals surface area (Å²) in [5, 5.41) is 13.8. The van der Waals surface area contributed by atoms with E-state index in [-0.39, 0.29) is 6.61 Å². The van der Waals surface area contributed by atoms with Gasteiger partial charge in [-0.15, -0.1) is 0 Å². The summed E-state index contributed by atoms with van der Waals surface area (Å²) >= 11 is 5.81. The standard InChI is InChI=1S/C16H20ClN3O2/c1-10-11(2)19-12(3)20-16(10)18-8-14(21)9-22-15-6-4-13(17)5-7-15/h4-7,14,21H,8-9H2,1-3H3,(H,18,19,20). The third-order valence-corrected chi connectivity index (χ3v) is 3.51. The molecular weight excluding hydrogens is 302 g/mol. The Morgan fingerprint density at radius 1 is 1.18 bits per heavy atom. The molecule has 22 heavy (non-hydrogen) atoms. The molecule has 2 aromatic rings. The molecule has 1 aromatic heterocycles. The van der Waals surface area contributed by atoms with Crippen LogP contribution in [0.25, 0.3) is 0 Å². The zero-order chi connectivity index (χ0) is 16.1. The Kier molecular flexibility index (Phi) is 5.57. The molecule has 2 N–H and O–H groups in total. The average molecular weight is 322 g/mol. The number of halogens is 1. The number of rotatable bonds is 6. The first-order chi connectivity index (χ1) is 10.5. The van der Waals surface area contributed by atoms with Crippen molar-refractivity contribution >= 4 is 17.4 Å². The van der Waals surface area contributed by atoms with Crippen molar-refractivity contribution in [1.29, 1.82) is 0 Å². The Morgan fingerprint density at radius 2 is 1.86 bits per heavy atom. The minimum atomic E-state index is -0.648. The summed E-state index contributed by atoms with van der Waals surface area (Å²) in [4.78, 5) is 8.64. The molecule has 1 unspecified atom stereocenters. The number of anilines is 1. The molecule has 2 rings (SSSR count). The third-order valence-electron chi connectivity index (χ3n) is 3.26. The first-order valence-electron chi connectivity index (χ1n) is 7.08. The minimum absolute atomic E-state index is 0.191. The molecular formula is C16H20ClN3O2. The summed E-state index contributed by atoms with van der Waals surface area (Å²) in [6.45, 7) is 6.28. The van der Waals surface area contributed by atoms with E-state index in [1.54, 1.807) is 24.3 Å². The Balaban J connectivity index is 1.85. The van der Waals surface area contributed by atoms with Gasteiger partial charge < -0.3 is 15.2 Å². The van der Waals surface area contributed by atoms with Crippen LogP contribution in [0.3, 0.4) is 0 Å². The highest BCUT2D eigenvalue weighted by Crippen LogP contribution is 2.16. The lowest BCUT2D eigenvalue weighted by Crippen LogP contribution is -2.27. The Labute approximate surface area is 135 Å². The molecule has 0 amide bonds. The molecule has 118 valence electrons. The lowest BCUT2D eigenvalue weighted by molar-refractivity contribution is 0.117. The van der Waals surface area contributed by atoms with Gasteiger partial charge in [0.05, 0.1) is 0 Å². The quantitative estimate of drug-likeness (QED) is 0.856. The summed E-state index contributed by atoms with van der Waals surface area (Å²) < 4.78 is 5.51. The Bertz CT molecular complexity index is 632. The van der Waals surface area contributed by atoms with Crippen molar-refractivity contribution in [3.8, 4) is 5.75 Å². The van der Waals surface area contributed by atoms with Gasteiger partial charge in [0.1, 0.15) is 30.1 Å². The molecule has 1 heterocycles. The maximum atomic E-state index is 10.00. The molecule has 1 atom stereocenters. The van der Waals surface area contributed by atoms with Gasteiger partial charge in [-0.05, 0) is 45.0 Å². The van der Waals surface area contributed by atoms with Crippen LogP contribution in [0, 0.1) is 20.8 Å². The fraction of sp³-hybridized carbons (Fsp3) is 0.375. The maximum absolute atomic E-state index is 10.00. The largest absolute Gasteiger partial charge is 0.491 e. The topological polar surface area (TPSA) is 67.3 Å². The average Bonchev–Trinajstić information content (AvgIpc) is 2.49. The zero-order valence-corrected chi connectivity index (χ0v) is 13.7. The Hall–Kier alpha value is -1.85. The van der Waals surface area contributed by atoms with Gasteiger partial charge in [-0.1, -0.05) is 11.6 Å². The molecule has 0 bridgehead atoms. The van der Waals surface area contributed by atoms with Crippen molar-refractivity contribution in [3.63, 3.8) is 0 Å². The lowest BCUT2D eigenvalue weighted by Gasteiger charge is -2.15. The van der Waals surface area contributed by atoms with Crippen molar-refractivity contribution in [2.45, 2.75) is 26.9 Å². The number of nitrogens with one attached hydrogen (secondary N) is 1. The molecule has 0 aliphatic carbocycles. The van der Waals surface area contributed by atoms with Gasteiger partial charge in [-0.3, -0.25) is 0 Å². The van der Waals surface area contributed by atoms with E-state index >= 15 is 0 Å².